The Labute approximate surface area is 358 Å². The number of quaternary nitrogens is 1. The lowest BCUT2D eigenvalue weighted by atomic mass is 10.0. The van der Waals surface area contributed by atoms with Gasteiger partial charge in [-0.1, -0.05) is 212 Å². The van der Waals surface area contributed by atoms with Crippen LogP contribution in [0.5, 0.6) is 0 Å². The molecule has 2 atom stereocenters. The first-order valence-electron chi connectivity index (χ1n) is 24.1. The molecule has 1 unspecified atom stereocenters. The Morgan fingerprint density at radius 1 is 0.569 bits per heavy atom. The van der Waals surface area contributed by atoms with E-state index in [9.17, 15) is 19.0 Å². The quantitative estimate of drug-likeness (QED) is 0.0149. The zero-order valence-corrected chi connectivity index (χ0v) is 39.4. The molecule has 0 N–H and O–H groups in total. The van der Waals surface area contributed by atoms with Gasteiger partial charge in [-0.15, -0.1) is 0 Å². The fourth-order valence-electron chi connectivity index (χ4n) is 6.80. The van der Waals surface area contributed by atoms with E-state index in [4.69, 9.17) is 18.5 Å². The molecule has 0 saturated carbocycles. The predicted octanol–water partition coefficient (Wildman–Crippen LogP) is 13.3. The van der Waals surface area contributed by atoms with E-state index in [1.165, 1.54) is 173 Å². The molecule has 0 aromatic carbocycles. The maximum absolute atomic E-state index is 12.6. The van der Waals surface area contributed by atoms with Crippen LogP contribution in [0.2, 0.25) is 0 Å². The topological polar surface area (TPSA) is 111 Å². The first-order valence-corrected chi connectivity index (χ1v) is 25.5. The summed E-state index contributed by atoms with van der Waals surface area (Å²) in [6.07, 6.45) is 45.6. The van der Waals surface area contributed by atoms with E-state index in [1.54, 1.807) is 6.08 Å². The maximum Gasteiger partial charge on any atom is 0.331 e. The fourth-order valence-corrected chi connectivity index (χ4v) is 7.53. The third-order valence-electron chi connectivity index (χ3n) is 10.6. The van der Waals surface area contributed by atoms with Gasteiger partial charge < -0.3 is 27.9 Å². The zero-order chi connectivity index (χ0) is 42.8. The summed E-state index contributed by atoms with van der Waals surface area (Å²) >= 11 is 0. The monoisotopic (exact) mass is 842 g/mol. The Bertz CT molecular complexity index is 1040. The van der Waals surface area contributed by atoms with Gasteiger partial charge in [-0.3, -0.25) is 9.36 Å². The Hall–Kier alpha value is -1.51. The molecule has 0 rings (SSSR count). The van der Waals surface area contributed by atoms with Crippen LogP contribution < -0.4 is 4.89 Å². The second kappa shape index (κ2) is 40.9. The van der Waals surface area contributed by atoms with Crippen molar-refractivity contribution in [1.82, 2.24) is 0 Å². The number of allylic oxidation sites excluding steroid dienone is 3. The highest BCUT2D eigenvalue weighted by Gasteiger charge is 2.21. The Morgan fingerprint density at radius 3 is 1.41 bits per heavy atom. The van der Waals surface area contributed by atoms with Crippen LogP contribution in [0.4, 0.5) is 0 Å². The molecule has 0 heterocycles. The second-order valence-electron chi connectivity index (χ2n) is 17.6. The number of ether oxygens (including phenoxy) is 2. The molecule has 0 amide bonds. The summed E-state index contributed by atoms with van der Waals surface area (Å²) in [4.78, 5) is 37.5. The molecule has 0 saturated heterocycles. The van der Waals surface area contributed by atoms with Crippen LogP contribution in [0.1, 0.15) is 219 Å². The summed E-state index contributed by atoms with van der Waals surface area (Å²) in [7, 11) is 1.12. The first kappa shape index (κ1) is 56.5. The summed E-state index contributed by atoms with van der Waals surface area (Å²) < 4.78 is 33.8. The number of esters is 2. The average molecular weight is 842 g/mol. The minimum atomic E-state index is -4.65. The second-order valence-corrected chi connectivity index (χ2v) is 19.0. The van der Waals surface area contributed by atoms with Crippen molar-refractivity contribution in [2.75, 3.05) is 47.5 Å². The van der Waals surface area contributed by atoms with E-state index in [2.05, 4.69) is 13.8 Å². The van der Waals surface area contributed by atoms with Crippen molar-refractivity contribution < 1.29 is 42.1 Å². The molecule has 0 aliphatic heterocycles. The molecule has 0 radical (unpaired) electrons. The summed E-state index contributed by atoms with van der Waals surface area (Å²) in [5.41, 5.74) is 0. The summed E-state index contributed by atoms with van der Waals surface area (Å²) in [6, 6.07) is 0. The smallest absolute Gasteiger partial charge is 0.331 e. The molecule has 58 heavy (non-hydrogen) atoms. The van der Waals surface area contributed by atoms with Gasteiger partial charge in [0.1, 0.15) is 19.8 Å². The minimum Gasteiger partial charge on any atom is -0.756 e. The highest BCUT2D eigenvalue weighted by atomic mass is 31.2. The molecule has 0 bridgehead atoms. The highest BCUT2D eigenvalue weighted by Crippen LogP contribution is 2.38. The van der Waals surface area contributed by atoms with Crippen molar-refractivity contribution >= 4 is 19.8 Å². The number of nitrogens with zero attached hydrogens (tertiary/aromatic N) is 1. The molecule has 0 aromatic heterocycles. The van der Waals surface area contributed by atoms with Gasteiger partial charge >= 0.3 is 11.9 Å². The third kappa shape index (κ3) is 44.1. The number of rotatable bonds is 44. The fraction of sp³-hybridized carbons (Fsp3) is 0.875. The van der Waals surface area contributed by atoms with Gasteiger partial charge in [0, 0.05) is 12.5 Å². The number of phosphoric acid groups is 1. The summed E-state index contributed by atoms with van der Waals surface area (Å²) in [5, 5.41) is 0. The van der Waals surface area contributed by atoms with Gasteiger partial charge in [-0.2, -0.15) is 0 Å². The van der Waals surface area contributed by atoms with Gasteiger partial charge in [-0.25, -0.2) is 4.79 Å². The number of likely N-dealkylation sites (N-methyl/N-ethyl adjacent to an activating group) is 1. The van der Waals surface area contributed by atoms with Gasteiger partial charge in [0.2, 0.25) is 0 Å². The Balaban J connectivity index is 4.33. The van der Waals surface area contributed by atoms with Crippen molar-refractivity contribution in [2.24, 2.45) is 0 Å². The van der Waals surface area contributed by atoms with Crippen LogP contribution in [-0.4, -0.2) is 70.0 Å². The molecule has 0 aromatic rings. The van der Waals surface area contributed by atoms with E-state index in [1.807, 2.05) is 33.3 Å². The molecule has 0 spiro atoms. The Morgan fingerprint density at radius 2 is 0.983 bits per heavy atom. The van der Waals surface area contributed by atoms with Crippen molar-refractivity contribution in [3.63, 3.8) is 0 Å². The van der Waals surface area contributed by atoms with E-state index in [0.717, 1.165) is 32.1 Å². The molecule has 10 heteroatoms. The molecule has 0 aliphatic rings. The number of hydrogen-bond donors (Lipinski definition) is 0. The van der Waals surface area contributed by atoms with Gasteiger partial charge in [0.15, 0.2) is 6.10 Å². The molecule has 9 nitrogen and oxygen atoms in total. The number of carbonyl (C=O) groups excluding carboxylic acids is 2. The summed E-state index contributed by atoms with van der Waals surface area (Å²) in [5.74, 6) is -1.08. The van der Waals surface area contributed by atoms with E-state index >= 15 is 0 Å². The molecular weight excluding hydrogens is 750 g/mol. The summed E-state index contributed by atoms with van der Waals surface area (Å²) in [6.45, 7) is 4.13. The SMILES string of the molecule is CCCCCCCCCCCCC/C=C/C=C/C(=O)O[C@H](COC(=O)CCCCCCCCCCCCCCCCCCCCC)COP(=O)([O-])OCC[N+](C)(C)C. The minimum absolute atomic E-state index is 0.0442. The van der Waals surface area contributed by atoms with Gasteiger partial charge in [-0.05, 0) is 19.3 Å². The van der Waals surface area contributed by atoms with Crippen LogP contribution >= 0.6 is 7.82 Å². The third-order valence-corrected chi connectivity index (χ3v) is 11.5. The lowest BCUT2D eigenvalue weighted by Gasteiger charge is -2.28. The van der Waals surface area contributed by atoms with Crippen molar-refractivity contribution in [2.45, 2.75) is 225 Å². The maximum atomic E-state index is 12.6. The zero-order valence-electron chi connectivity index (χ0n) is 38.5. The standard InChI is InChI=1S/C48H92NO8P/c1-6-8-10-12-14-16-18-20-22-23-24-25-27-28-30-32-34-36-38-40-47(50)54-44-46(45-56-58(52,53)55-43-42-49(3,4)5)57-48(51)41-39-37-35-33-31-29-26-21-19-17-15-13-11-9-7-2/h35,37,39,41,46H,6-34,36,38,40,42-45H2,1-5H3/b37-35+,41-39+/t46-/m1/s1. The van der Waals surface area contributed by atoms with Crippen molar-refractivity contribution in [3.8, 4) is 0 Å². The van der Waals surface area contributed by atoms with Crippen molar-refractivity contribution in [3.05, 3.63) is 24.3 Å². The van der Waals surface area contributed by atoms with E-state index < -0.39 is 32.5 Å². The van der Waals surface area contributed by atoms with Crippen LogP contribution in [0.3, 0.4) is 0 Å². The number of carbonyl (C=O) groups is 2. The predicted molar refractivity (Wildman–Crippen MR) is 241 cm³/mol. The lowest BCUT2D eigenvalue weighted by molar-refractivity contribution is -0.870. The van der Waals surface area contributed by atoms with Crippen molar-refractivity contribution in [1.29, 1.82) is 0 Å². The normalized spacial score (nSPS) is 13.7. The van der Waals surface area contributed by atoms with Gasteiger partial charge in [0.05, 0.1) is 27.7 Å². The largest absolute Gasteiger partial charge is 0.756 e. The van der Waals surface area contributed by atoms with E-state index in [0.29, 0.717) is 11.0 Å². The molecule has 0 aliphatic carbocycles. The average Bonchev–Trinajstić information content (AvgIpc) is 3.17. The van der Waals surface area contributed by atoms with Crippen LogP contribution in [-0.2, 0) is 32.7 Å². The number of unbranched alkanes of at least 4 members (excludes halogenated alkanes) is 29. The lowest BCUT2D eigenvalue weighted by Crippen LogP contribution is -2.37. The van der Waals surface area contributed by atoms with Gasteiger partial charge in [0.25, 0.3) is 7.82 Å². The van der Waals surface area contributed by atoms with Crippen LogP contribution in [0.25, 0.3) is 0 Å². The number of hydrogen-bond acceptors (Lipinski definition) is 8. The highest BCUT2D eigenvalue weighted by molar-refractivity contribution is 7.45. The van der Waals surface area contributed by atoms with E-state index in [-0.39, 0.29) is 19.6 Å². The molecule has 0 fully saturated rings. The first-order chi connectivity index (χ1) is 28.0. The molecule has 342 valence electrons. The Kier molecular flexibility index (Phi) is 39.8. The molecular formula is C48H92NO8P. The van der Waals surface area contributed by atoms with Crippen LogP contribution in [0, 0.1) is 0 Å². The number of phosphoric ester groups is 1. The van der Waals surface area contributed by atoms with Crippen LogP contribution in [0.15, 0.2) is 24.3 Å².